The molecule has 0 amide bonds. The second-order valence-corrected chi connectivity index (χ2v) is 9.64. The van der Waals surface area contributed by atoms with Crippen molar-refractivity contribution >= 4 is 44.7 Å². The van der Waals surface area contributed by atoms with Crippen LogP contribution in [-0.4, -0.2) is 43.5 Å². The zero-order chi connectivity index (χ0) is 22.4. The van der Waals surface area contributed by atoms with Crippen LogP contribution in [-0.2, 0) is 14.8 Å². The van der Waals surface area contributed by atoms with E-state index in [2.05, 4.69) is 10.6 Å². The summed E-state index contributed by atoms with van der Waals surface area (Å²) in [5, 5.41) is 6.38. The van der Waals surface area contributed by atoms with E-state index in [0.717, 1.165) is 19.3 Å². The highest BCUT2D eigenvalue weighted by Gasteiger charge is 2.27. The Hall–Kier alpha value is -2.49. The van der Waals surface area contributed by atoms with Gasteiger partial charge in [-0.25, -0.2) is 13.2 Å². The molecule has 2 N–H and O–H groups in total. The smallest absolute Gasteiger partial charge is 0.338 e. The molecular weight excluding hydrogens is 434 g/mol. The van der Waals surface area contributed by atoms with Crippen molar-refractivity contribution in [1.29, 1.82) is 0 Å². The average molecular weight is 462 g/mol. The van der Waals surface area contributed by atoms with Gasteiger partial charge in [-0.2, -0.15) is 4.31 Å². The summed E-state index contributed by atoms with van der Waals surface area (Å²) in [6.07, 6.45) is 2.84. The van der Waals surface area contributed by atoms with Crippen molar-refractivity contribution in [3.05, 3.63) is 53.6 Å². The van der Waals surface area contributed by atoms with Gasteiger partial charge in [0.1, 0.15) is 0 Å². The van der Waals surface area contributed by atoms with Gasteiger partial charge in [-0.1, -0.05) is 12.5 Å². The molecule has 7 nitrogen and oxygen atoms in total. The largest absolute Gasteiger partial charge is 0.462 e. The van der Waals surface area contributed by atoms with E-state index < -0.39 is 10.0 Å². The molecule has 166 valence electrons. The van der Waals surface area contributed by atoms with E-state index in [9.17, 15) is 13.2 Å². The summed E-state index contributed by atoms with van der Waals surface area (Å²) in [7, 11) is -3.54. The van der Waals surface area contributed by atoms with Crippen LogP contribution in [0.1, 0.15) is 42.1 Å². The maximum absolute atomic E-state index is 13.1. The summed E-state index contributed by atoms with van der Waals surface area (Å²) >= 11 is 5.37. The molecule has 0 spiro atoms. The Morgan fingerprint density at radius 2 is 1.65 bits per heavy atom. The minimum Gasteiger partial charge on any atom is -0.462 e. The van der Waals surface area contributed by atoms with Gasteiger partial charge in [0, 0.05) is 24.5 Å². The lowest BCUT2D eigenvalue weighted by Gasteiger charge is -2.26. The lowest BCUT2D eigenvalue weighted by molar-refractivity contribution is 0.0526. The van der Waals surface area contributed by atoms with Gasteiger partial charge in [-0.05, 0) is 80.9 Å². The molecule has 1 aliphatic rings. The first-order valence-corrected chi connectivity index (χ1v) is 12.1. The summed E-state index contributed by atoms with van der Waals surface area (Å²) in [4.78, 5) is 12.0. The fraction of sp³-hybridized carbons (Fsp3) is 0.364. The van der Waals surface area contributed by atoms with E-state index in [1.165, 1.54) is 0 Å². The zero-order valence-corrected chi connectivity index (χ0v) is 19.3. The van der Waals surface area contributed by atoms with Crippen molar-refractivity contribution in [3.63, 3.8) is 0 Å². The number of hydrogen-bond donors (Lipinski definition) is 2. The van der Waals surface area contributed by atoms with Crippen molar-refractivity contribution in [2.75, 3.05) is 30.3 Å². The van der Waals surface area contributed by atoms with E-state index in [1.807, 2.05) is 0 Å². The van der Waals surface area contributed by atoms with Crippen molar-refractivity contribution < 1.29 is 17.9 Å². The molecule has 0 atom stereocenters. The number of sulfonamides is 1. The second kappa shape index (κ2) is 10.2. The number of piperidine rings is 1. The molecule has 1 fully saturated rings. The van der Waals surface area contributed by atoms with Crippen molar-refractivity contribution in [2.24, 2.45) is 0 Å². The number of ether oxygens (including phenoxy) is 1. The van der Waals surface area contributed by atoms with E-state index in [4.69, 9.17) is 17.0 Å². The predicted octanol–water partition coefficient (Wildman–Crippen LogP) is 4.16. The van der Waals surface area contributed by atoms with E-state index >= 15 is 0 Å². The summed E-state index contributed by atoms with van der Waals surface area (Å²) < 4.78 is 32.7. The number of hydrogen-bond acceptors (Lipinski definition) is 5. The molecule has 9 heteroatoms. The number of rotatable bonds is 6. The zero-order valence-electron chi connectivity index (χ0n) is 17.7. The van der Waals surface area contributed by atoms with Crippen molar-refractivity contribution in [3.8, 4) is 0 Å². The molecule has 0 aliphatic carbocycles. The highest BCUT2D eigenvalue weighted by molar-refractivity contribution is 7.89. The number of aryl methyl sites for hydroxylation is 1. The van der Waals surface area contributed by atoms with E-state index in [1.54, 1.807) is 60.6 Å². The van der Waals surface area contributed by atoms with Gasteiger partial charge in [0.05, 0.1) is 17.1 Å². The molecule has 2 aromatic carbocycles. The van der Waals surface area contributed by atoms with Gasteiger partial charge in [-0.15, -0.1) is 0 Å². The molecule has 0 bridgehead atoms. The molecule has 0 unspecified atom stereocenters. The van der Waals surface area contributed by atoms with Gasteiger partial charge in [0.2, 0.25) is 10.0 Å². The fourth-order valence-electron chi connectivity index (χ4n) is 3.40. The van der Waals surface area contributed by atoms with Crippen LogP contribution in [0.2, 0.25) is 0 Å². The number of carbonyl (C=O) groups excluding carboxylic acids is 1. The van der Waals surface area contributed by atoms with Crippen LogP contribution >= 0.6 is 12.2 Å². The van der Waals surface area contributed by atoms with Crippen molar-refractivity contribution in [2.45, 2.75) is 38.0 Å². The first-order chi connectivity index (χ1) is 14.8. The molecule has 0 aromatic heterocycles. The number of nitrogens with zero attached hydrogens (tertiary/aromatic N) is 1. The highest BCUT2D eigenvalue weighted by Crippen LogP contribution is 2.26. The number of esters is 1. The fourth-order valence-corrected chi connectivity index (χ4v) is 5.40. The molecule has 2 aromatic rings. The normalized spacial score (nSPS) is 14.6. The predicted molar refractivity (Wildman–Crippen MR) is 126 cm³/mol. The molecular formula is C22H27N3O4S2. The average Bonchev–Trinajstić information content (AvgIpc) is 2.76. The minimum absolute atomic E-state index is 0.293. The van der Waals surface area contributed by atoms with Crippen LogP contribution in [0.15, 0.2) is 47.4 Å². The topological polar surface area (TPSA) is 87.7 Å². The Labute approximate surface area is 188 Å². The first kappa shape index (κ1) is 23.2. The molecule has 3 rings (SSSR count). The SMILES string of the molecule is CCOC(=O)c1ccc(NC(=S)Nc2ccc(C)c(S(=O)(=O)N3CCCCC3)c2)cc1. The van der Waals surface area contributed by atoms with Crippen LogP contribution in [0, 0.1) is 6.92 Å². The summed E-state index contributed by atoms with van der Waals surface area (Å²) in [5.74, 6) is -0.378. The Bertz CT molecular complexity index is 1050. The van der Waals surface area contributed by atoms with Crippen LogP contribution in [0.5, 0.6) is 0 Å². The maximum Gasteiger partial charge on any atom is 0.338 e. The van der Waals surface area contributed by atoms with Gasteiger partial charge < -0.3 is 15.4 Å². The second-order valence-electron chi connectivity index (χ2n) is 7.32. The molecule has 1 heterocycles. The Balaban J connectivity index is 1.69. The number of thiocarbonyl (C=S) groups is 1. The highest BCUT2D eigenvalue weighted by atomic mass is 32.2. The summed E-state index contributed by atoms with van der Waals surface area (Å²) in [5.41, 5.74) is 2.43. The number of benzene rings is 2. The van der Waals surface area contributed by atoms with Gasteiger partial charge in [-0.3, -0.25) is 0 Å². The molecule has 31 heavy (non-hydrogen) atoms. The van der Waals surface area contributed by atoms with Crippen LogP contribution in [0.25, 0.3) is 0 Å². The number of anilines is 2. The van der Waals surface area contributed by atoms with Gasteiger partial charge in [0.25, 0.3) is 0 Å². The Morgan fingerprint density at radius 3 is 2.29 bits per heavy atom. The quantitative estimate of drug-likeness (QED) is 0.493. The van der Waals surface area contributed by atoms with Gasteiger partial charge in [0.15, 0.2) is 5.11 Å². The number of carbonyl (C=O) groups is 1. The molecule has 1 aliphatic heterocycles. The third-order valence-electron chi connectivity index (χ3n) is 5.03. The lowest BCUT2D eigenvalue weighted by atomic mass is 10.2. The summed E-state index contributed by atoms with van der Waals surface area (Å²) in [6.45, 7) is 4.98. The maximum atomic E-state index is 13.1. The first-order valence-electron chi connectivity index (χ1n) is 10.3. The molecule has 0 radical (unpaired) electrons. The van der Waals surface area contributed by atoms with Crippen LogP contribution in [0.3, 0.4) is 0 Å². The van der Waals surface area contributed by atoms with Crippen LogP contribution < -0.4 is 10.6 Å². The molecule has 0 saturated carbocycles. The lowest BCUT2D eigenvalue weighted by Crippen LogP contribution is -2.36. The van der Waals surface area contributed by atoms with E-state index in [-0.39, 0.29) is 5.97 Å². The monoisotopic (exact) mass is 461 g/mol. The van der Waals surface area contributed by atoms with Gasteiger partial charge >= 0.3 is 5.97 Å². The number of nitrogens with one attached hydrogen (secondary N) is 2. The molecule has 1 saturated heterocycles. The van der Waals surface area contributed by atoms with E-state index in [0.29, 0.717) is 52.2 Å². The minimum atomic E-state index is -3.54. The standard InChI is InChI=1S/C22H27N3O4S2/c1-3-29-21(26)17-8-11-18(12-9-17)23-22(30)24-19-10-7-16(2)20(15-19)31(27,28)25-13-5-4-6-14-25/h7-12,15H,3-6,13-14H2,1-2H3,(H2,23,24,30). The third-order valence-corrected chi connectivity index (χ3v) is 7.28. The Morgan fingerprint density at radius 1 is 1.03 bits per heavy atom. The van der Waals surface area contributed by atoms with Crippen LogP contribution in [0.4, 0.5) is 11.4 Å². The summed E-state index contributed by atoms with van der Waals surface area (Å²) in [6, 6.07) is 11.9. The Kier molecular flexibility index (Phi) is 7.64. The van der Waals surface area contributed by atoms with Crippen molar-refractivity contribution in [1.82, 2.24) is 4.31 Å². The third kappa shape index (κ3) is 5.81.